The normalized spacial score (nSPS) is 10.5. The van der Waals surface area contributed by atoms with E-state index < -0.39 is 0 Å². The number of allylic oxidation sites excluding steroid dienone is 1. The molecule has 0 aliphatic heterocycles. The lowest BCUT2D eigenvalue weighted by Crippen LogP contribution is -1.95. The summed E-state index contributed by atoms with van der Waals surface area (Å²) in [5, 5.41) is 3.05. The minimum absolute atomic E-state index is 0.0157. The van der Waals surface area contributed by atoms with Crippen molar-refractivity contribution in [2.24, 2.45) is 0 Å². The van der Waals surface area contributed by atoms with Crippen molar-refractivity contribution >= 4 is 27.4 Å². The van der Waals surface area contributed by atoms with Crippen LogP contribution in [0.25, 0.3) is 0 Å². The van der Waals surface area contributed by atoms with Crippen molar-refractivity contribution in [3.05, 3.63) is 76.9 Å². The SMILES string of the molecule is O=C(/C=C\Nc1cccc(Br)c1)c1ccccc1. The van der Waals surface area contributed by atoms with E-state index in [9.17, 15) is 4.79 Å². The highest BCUT2D eigenvalue weighted by molar-refractivity contribution is 9.10. The molecule has 0 radical (unpaired) electrons. The van der Waals surface area contributed by atoms with Gasteiger partial charge in [0.25, 0.3) is 0 Å². The molecule has 1 N–H and O–H groups in total. The number of halogens is 1. The van der Waals surface area contributed by atoms with Gasteiger partial charge in [-0.3, -0.25) is 4.79 Å². The zero-order chi connectivity index (χ0) is 12.8. The molecule has 0 saturated heterocycles. The first-order valence-corrected chi connectivity index (χ1v) is 6.33. The molecule has 0 unspecified atom stereocenters. The molecule has 2 nitrogen and oxygen atoms in total. The summed E-state index contributed by atoms with van der Waals surface area (Å²) in [6.45, 7) is 0. The van der Waals surface area contributed by atoms with Gasteiger partial charge in [0.05, 0.1) is 0 Å². The molecule has 3 heteroatoms. The smallest absolute Gasteiger partial charge is 0.187 e. The third-order valence-corrected chi connectivity index (χ3v) is 2.86. The first kappa shape index (κ1) is 12.6. The molecule has 0 aliphatic rings. The molecule has 2 aromatic rings. The second-order valence-electron chi connectivity index (χ2n) is 3.72. The van der Waals surface area contributed by atoms with Gasteiger partial charge in [0.1, 0.15) is 0 Å². The lowest BCUT2D eigenvalue weighted by atomic mass is 10.1. The number of carbonyl (C=O) groups is 1. The Morgan fingerprint density at radius 2 is 1.83 bits per heavy atom. The molecule has 18 heavy (non-hydrogen) atoms. The van der Waals surface area contributed by atoms with Crippen LogP contribution in [0.4, 0.5) is 5.69 Å². The van der Waals surface area contributed by atoms with Crippen LogP contribution in [0, 0.1) is 0 Å². The summed E-state index contributed by atoms with van der Waals surface area (Å²) >= 11 is 3.39. The van der Waals surface area contributed by atoms with Crippen LogP contribution in [0.3, 0.4) is 0 Å². The zero-order valence-corrected chi connectivity index (χ0v) is 11.2. The van der Waals surface area contributed by atoms with Gasteiger partial charge in [-0.1, -0.05) is 52.3 Å². The summed E-state index contributed by atoms with van der Waals surface area (Å²) in [6.07, 6.45) is 3.17. The molecule has 2 aromatic carbocycles. The Bertz CT molecular complexity index is 564. The van der Waals surface area contributed by atoms with Crippen molar-refractivity contribution in [1.29, 1.82) is 0 Å². The monoisotopic (exact) mass is 301 g/mol. The number of rotatable bonds is 4. The van der Waals surface area contributed by atoms with Crippen LogP contribution in [0.1, 0.15) is 10.4 Å². The van der Waals surface area contributed by atoms with Crippen molar-refractivity contribution in [1.82, 2.24) is 0 Å². The largest absolute Gasteiger partial charge is 0.362 e. The molecule has 2 rings (SSSR count). The predicted octanol–water partition coefficient (Wildman–Crippen LogP) is 4.26. The van der Waals surface area contributed by atoms with Gasteiger partial charge in [-0.05, 0) is 18.2 Å². The third-order valence-electron chi connectivity index (χ3n) is 2.37. The lowest BCUT2D eigenvalue weighted by Gasteiger charge is -2.00. The number of hydrogen-bond donors (Lipinski definition) is 1. The summed E-state index contributed by atoms with van der Waals surface area (Å²) in [5.74, 6) is -0.0157. The number of benzene rings is 2. The van der Waals surface area contributed by atoms with Gasteiger partial charge >= 0.3 is 0 Å². The Balaban J connectivity index is 1.98. The second kappa shape index (κ2) is 6.17. The quantitative estimate of drug-likeness (QED) is 0.675. The maximum absolute atomic E-state index is 11.8. The highest BCUT2D eigenvalue weighted by Crippen LogP contribution is 2.15. The van der Waals surface area contributed by atoms with Gasteiger partial charge in [0, 0.05) is 28.0 Å². The molecular formula is C15H12BrNO. The third kappa shape index (κ3) is 3.57. The first-order chi connectivity index (χ1) is 8.75. The van der Waals surface area contributed by atoms with E-state index in [1.807, 2.05) is 42.5 Å². The minimum atomic E-state index is -0.0157. The lowest BCUT2D eigenvalue weighted by molar-refractivity contribution is 0.104. The highest BCUT2D eigenvalue weighted by atomic mass is 79.9. The van der Waals surface area contributed by atoms with Gasteiger partial charge in [-0.15, -0.1) is 0 Å². The van der Waals surface area contributed by atoms with Crippen LogP contribution < -0.4 is 5.32 Å². The standard InChI is InChI=1S/C15H12BrNO/c16-13-7-4-8-14(11-13)17-10-9-15(18)12-5-2-1-3-6-12/h1-11,17H/b10-9-. The average molecular weight is 302 g/mol. The molecule has 0 aliphatic carbocycles. The van der Waals surface area contributed by atoms with E-state index in [0.717, 1.165) is 10.2 Å². The van der Waals surface area contributed by atoms with Crippen molar-refractivity contribution < 1.29 is 4.79 Å². The number of hydrogen-bond acceptors (Lipinski definition) is 2. The van der Waals surface area contributed by atoms with Crippen LogP contribution in [-0.4, -0.2) is 5.78 Å². The molecule has 0 bridgehead atoms. The fourth-order valence-electron chi connectivity index (χ4n) is 1.49. The number of nitrogens with one attached hydrogen (secondary N) is 1. The Kier molecular flexibility index (Phi) is 4.31. The van der Waals surface area contributed by atoms with Crippen molar-refractivity contribution in [3.8, 4) is 0 Å². The van der Waals surface area contributed by atoms with Crippen LogP contribution in [0.5, 0.6) is 0 Å². The van der Waals surface area contributed by atoms with Gasteiger partial charge in [0.15, 0.2) is 5.78 Å². The summed E-state index contributed by atoms with van der Waals surface area (Å²) < 4.78 is 0.996. The molecule has 0 heterocycles. The van der Waals surface area contributed by atoms with Crippen molar-refractivity contribution in [2.45, 2.75) is 0 Å². The number of ketones is 1. The molecule has 0 aromatic heterocycles. The summed E-state index contributed by atoms with van der Waals surface area (Å²) in [4.78, 5) is 11.8. The second-order valence-corrected chi connectivity index (χ2v) is 4.63. The fourth-order valence-corrected chi connectivity index (χ4v) is 1.89. The Labute approximate surface area is 114 Å². The Hall–Kier alpha value is -1.87. The topological polar surface area (TPSA) is 29.1 Å². The van der Waals surface area contributed by atoms with E-state index >= 15 is 0 Å². The molecule has 0 fully saturated rings. The van der Waals surface area contributed by atoms with E-state index in [2.05, 4.69) is 21.2 Å². The van der Waals surface area contributed by atoms with E-state index in [0.29, 0.717) is 5.56 Å². The van der Waals surface area contributed by atoms with Gasteiger partial charge in [0.2, 0.25) is 0 Å². The fraction of sp³-hybridized carbons (Fsp3) is 0. The van der Waals surface area contributed by atoms with E-state index in [4.69, 9.17) is 0 Å². The van der Waals surface area contributed by atoms with Crippen molar-refractivity contribution in [2.75, 3.05) is 5.32 Å². The molecule has 0 spiro atoms. The molecule has 90 valence electrons. The average Bonchev–Trinajstić information content (AvgIpc) is 2.40. The van der Waals surface area contributed by atoms with Crippen LogP contribution in [0.2, 0.25) is 0 Å². The van der Waals surface area contributed by atoms with Gasteiger partial charge in [-0.25, -0.2) is 0 Å². The van der Waals surface area contributed by atoms with E-state index in [-0.39, 0.29) is 5.78 Å². The predicted molar refractivity (Wildman–Crippen MR) is 77.7 cm³/mol. The zero-order valence-electron chi connectivity index (χ0n) is 9.64. The summed E-state index contributed by atoms with van der Waals surface area (Å²) in [5.41, 5.74) is 1.62. The van der Waals surface area contributed by atoms with E-state index in [1.54, 1.807) is 18.3 Å². The highest BCUT2D eigenvalue weighted by Gasteiger charge is 1.98. The maximum atomic E-state index is 11.8. The van der Waals surface area contributed by atoms with Crippen LogP contribution >= 0.6 is 15.9 Å². The van der Waals surface area contributed by atoms with Crippen LogP contribution in [0.15, 0.2) is 71.3 Å². The van der Waals surface area contributed by atoms with Gasteiger partial charge in [-0.2, -0.15) is 0 Å². The number of carbonyl (C=O) groups excluding carboxylic acids is 1. The maximum Gasteiger partial charge on any atom is 0.187 e. The Morgan fingerprint density at radius 3 is 2.56 bits per heavy atom. The van der Waals surface area contributed by atoms with Gasteiger partial charge < -0.3 is 5.32 Å². The molecule has 0 saturated carbocycles. The summed E-state index contributed by atoms with van der Waals surface area (Å²) in [6, 6.07) is 16.9. The minimum Gasteiger partial charge on any atom is -0.362 e. The molecular weight excluding hydrogens is 290 g/mol. The van der Waals surface area contributed by atoms with E-state index in [1.165, 1.54) is 6.08 Å². The molecule has 0 atom stereocenters. The Morgan fingerprint density at radius 1 is 1.06 bits per heavy atom. The number of anilines is 1. The summed E-state index contributed by atoms with van der Waals surface area (Å²) in [7, 11) is 0. The molecule has 0 amide bonds. The first-order valence-electron chi connectivity index (χ1n) is 5.54. The van der Waals surface area contributed by atoms with Crippen LogP contribution in [-0.2, 0) is 0 Å². The van der Waals surface area contributed by atoms with Crippen molar-refractivity contribution in [3.63, 3.8) is 0 Å².